The summed E-state index contributed by atoms with van der Waals surface area (Å²) >= 11 is 0. The number of carbonyl (C=O) groups is 2. The third-order valence-electron chi connectivity index (χ3n) is 4.39. The molecule has 2 amide bonds. The van der Waals surface area contributed by atoms with Gasteiger partial charge in [0.2, 0.25) is 5.91 Å². The van der Waals surface area contributed by atoms with Crippen LogP contribution in [0.2, 0.25) is 0 Å². The second-order valence-corrected chi connectivity index (χ2v) is 6.31. The number of carbonyl (C=O) groups excluding carboxylic acids is 2. The highest BCUT2D eigenvalue weighted by atomic mass is 16.2. The number of para-hydroxylation sites is 1. The Morgan fingerprint density at radius 2 is 1.68 bits per heavy atom. The van der Waals surface area contributed by atoms with E-state index in [-0.39, 0.29) is 11.8 Å². The number of anilines is 1. The Kier molecular flexibility index (Phi) is 5.69. The van der Waals surface area contributed by atoms with Gasteiger partial charge in [0.1, 0.15) is 0 Å². The summed E-state index contributed by atoms with van der Waals surface area (Å²) in [5.74, 6) is -0.418. The van der Waals surface area contributed by atoms with Gasteiger partial charge >= 0.3 is 0 Å². The number of hydrogen-bond acceptors (Lipinski definition) is 3. The standard InChI is InChI=1S/C22H22N4O2/c1-15-20(16(2)26(25-15)19-7-5-4-6-8-19)13-14-21(27)24-18-11-9-17(10-12-18)22(28)23-3/h4-14H,1-3H3,(H,23,28)(H,24,27)/b14-13+. The summed E-state index contributed by atoms with van der Waals surface area (Å²) < 4.78 is 1.87. The first kappa shape index (κ1) is 19.1. The SMILES string of the molecule is CNC(=O)c1ccc(NC(=O)/C=C/c2c(C)nn(-c3ccccc3)c2C)cc1. The summed E-state index contributed by atoms with van der Waals surface area (Å²) in [6.45, 7) is 3.89. The van der Waals surface area contributed by atoms with Crippen molar-refractivity contribution in [1.82, 2.24) is 15.1 Å². The van der Waals surface area contributed by atoms with Crippen LogP contribution in [0.25, 0.3) is 11.8 Å². The van der Waals surface area contributed by atoms with Crippen molar-refractivity contribution < 1.29 is 9.59 Å². The minimum atomic E-state index is -0.251. The van der Waals surface area contributed by atoms with E-state index in [2.05, 4.69) is 15.7 Å². The molecule has 1 aromatic heterocycles. The van der Waals surface area contributed by atoms with Gasteiger partial charge in [-0.3, -0.25) is 9.59 Å². The maximum absolute atomic E-state index is 12.3. The van der Waals surface area contributed by atoms with E-state index in [4.69, 9.17) is 0 Å². The third-order valence-corrected chi connectivity index (χ3v) is 4.39. The quantitative estimate of drug-likeness (QED) is 0.671. The Bertz CT molecular complexity index is 1020. The topological polar surface area (TPSA) is 76.0 Å². The normalized spacial score (nSPS) is 10.8. The smallest absolute Gasteiger partial charge is 0.251 e. The van der Waals surface area contributed by atoms with Crippen LogP contribution in [0.5, 0.6) is 0 Å². The first-order valence-corrected chi connectivity index (χ1v) is 8.92. The highest BCUT2D eigenvalue weighted by molar-refractivity contribution is 6.02. The van der Waals surface area contributed by atoms with Crippen LogP contribution in [-0.4, -0.2) is 28.6 Å². The molecule has 28 heavy (non-hydrogen) atoms. The summed E-state index contributed by atoms with van der Waals surface area (Å²) in [5, 5.41) is 9.92. The van der Waals surface area contributed by atoms with Crippen molar-refractivity contribution >= 4 is 23.6 Å². The number of hydrogen-bond donors (Lipinski definition) is 2. The zero-order chi connectivity index (χ0) is 20.1. The fourth-order valence-corrected chi connectivity index (χ4v) is 2.91. The highest BCUT2D eigenvalue weighted by Gasteiger charge is 2.11. The zero-order valence-corrected chi connectivity index (χ0v) is 16.1. The monoisotopic (exact) mass is 374 g/mol. The molecule has 0 spiro atoms. The molecule has 1 heterocycles. The number of amides is 2. The molecule has 6 nitrogen and oxygen atoms in total. The minimum Gasteiger partial charge on any atom is -0.355 e. The zero-order valence-electron chi connectivity index (χ0n) is 16.1. The predicted molar refractivity (Wildman–Crippen MR) is 111 cm³/mol. The molecule has 0 bridgehead atoms. The van der Waals surface area contributed by atoms with Crippen LogP contribution in [-0.2, 0) is 4.79 Å². The van der Waals surface area contributed by atoms with E-state index in [9.17, 15) is 9.59 Å². The van der Waals surface area contributed by atoms with Crippen molar-refractivity contribution in [2.75, 3.05) is 12.4 Å². The van der Waals surface area contributed by atoms with Gasteiger partial charge in [0.25, 0.3) is 5.91 Å². The van der Waals surface area contributed by atoms with Crippen LogP contribution in [0.4, 0.5) is 5.69 Å². The Hall–Kier alpha value is -3.67. The second kappa shape index (κ2) is 8.35. The molecule has 0 saturated heterocycles. The molecule has 0 unspecified atom stereocenters. The van der Waals surface area contributed by atoms with E-state index >= 15 is 0 Å². The van der Waals surface area contributed by atoms with Gasteiger partial charge in [-0.05, 0) is 56.3 Å². The molecule has 0 fully saturated rings. The van der Waals surface area contributed by atoms with Gasteiger partial charge in [-0.15, -0.1) is 0 Å². The van der Waals surface area contributed by atoms with E-state index in [1.54, 1.807) is 37.4 Å². The summed E-state index contributed by atoms with van der Waals surface area (Å²) in [4.78, 5) is 23.8. The maximum atomic E-state index is 12.3. The maximum Gasteiger partial charge on any atom is 0.251 e. The third kappa shape index (κ3) is 4.17. The highest BCUT2D eigenvalue weighted by Crippen LogP contribution is 2.19. The molecule has 142 valence electrons. The molecule has 2 N–H and O–H groups in total. The van der Waals surface area contributed by atoms with Crippen LogP contribution in [0.1, 0.15) is 27.3 Å². The molecule has 6 heteroatoms. The number of aryl methyl sites for hydroxylation is 1. The van der Waals surface area contributed by atoms with Gasteiger partial charge in [0.05, 0.1) is 11.4 Å². The summed E-state index contributed by atoms with van der Waals surface area (Å²) in [6.07, 6.45) is 3.25. The first-order valence-electron chi connectivity index (χ1n) is 8.92. The van der Waals surface area contributed by atoms with Gasteiger partial charge in [-0.25, -0.2) is 4.68 Å². The lowest BCUT2D eigenvalue weighted by molar-refractivity contribution is -0.111. The van der Waals surface area contributed by atoms with Gasteiger partial charge in [-0.1, -0.05) is 18.2 Å². The van der Waals surface area contributed by atoms with Gasteiger partial charge in [0.15, 0.2) is 0 Å². The van der Waals surface area contributed by atoms with Crippen LogP contribution >= 0.6 is 0 Å². The number of benzene rings is 2. The Morgan fingerprint density at radius 3 is 2.32 bits per heavy atom. The van der Waals surface area contributed by atoms with Crippen molar-refractivity contribution in [3.8, 4) is 5.69 Å². The van der Waals surface area contributed by atoms with Crippen molar-refractivity contribution in [3.05, 3.63) is 83.2 Å². The number of nitrogens with zero attached hydrogens (tertiary/aromatic N) is 2. The summed E-state index contributed by atoms with van der Waals surface area (Å²) in [7, 11) is 1.58. The van der Waals surface area contributed by atoms with Crippen molar-refractivity contribution in [2.45, 2.75) is 13.8 Å². The van der Waals surface area contributed by atoms with Gasteiger partial charge in [0, 0.05) is 35.6 Å². The van der Waals surface area contributed by atoms with Gasteiger partial charge in [-0.2, -0.15) is 5.10 Å². The van der Waals surface area contributed by atoms with E-state index < -0.39 is 0 Å². The molecular weight excluding hydrogens is 352 g/mol. The van der Waals surface area contributed by atoms with Crippen LogP contribution in [0.15, 0.2) is 60.7 Å². The van der Waals surface area contributed by atoms with E-state index in [1.807, 2.05) is 48.9 Å². The van der Waals surface area contributed by atoms with Crippen molar-refractivity contribution in [3.63, 3.8) is 0 Å². The number of nitrogens with one attached hydrogen (secondary N) is 2. The fraction of sp³-hybridized carbons (Fsp3) is 0.136. The molecule has 0 saturated carbocycles. The molecule has 0 aliphatic carbocycles. The predicted octanol–water partition coefficient (Wildman–Crippen LogP) is 3.50. The summed E-state index contributed by atoms with van der Waals surface area (Å²) in [6, 6.07) is 16.6. The van der Waals surface area contributed by atoms with Crippen molar-refractivity contribution in [2.24, 2.45) is 0 Å². The molecule has 0 aliphatic heterocycles. The number of rotatable bonds is 5. The molecule has 0 atom stereocenters. The van der Waals surface area contributed by atoms with E-state index in [0.717, 1.165) is 22.6 Å². The minimum absolute atomic E-state index is 0.167. The average molecular weight is 374 g/mol. The average Bonchev–Trinajstić information content (AvgIpc) is 3.00. The summed E-state index contributed by atoms with van der Waals surface area (Å²) in [5.41, 5.74) is 4.85. The van der Waals surface area contributed by atoms with Gasteiger partial charge < -0.3 is 10.6 Å². The molecular formula is C22H22N4O2. The van der Waals surface area contributed by atoms with Crippen LogP contribution in [0, 0.1) is 13.8 Å². The number of aromatic nitrogens is 2. The molecule has 0 radical (unpaired) electrons. The molecule has 3 rings (SSSR count). The largest absolute Gasteiger partial charge is 0.355 e. The fourth-order valence-electron chi connectivity index (χ4n) is 2.91. The molecule has 0 aliphatic rings. The lowest BCUT2D eigenvalue weighted by Gasteiger charge is -2.04. The second-order valence-electron chi connectivity index (χ2n) is 6.31. The van der Waals surface area contributed by atoms with Crippen molar-refractivity contribution in [1.29, 1.82) is 0 Å². The van der Waals surface area contributed by atoms with E-state index in [1.165, 1.54) is 6.08 Å². The lowest BCUT2D eigenvalue weighted by Crippen LogP contribution is -2.17. The first-order chi connectivity index (χ1) is 13.5. The molecule has 3 aromatic rings. The van der Waals surface area contributed by atoms with Crippen LogP contribution < -0.4 is 10.6 Å². The van der Waals surface area contributed by atoms with E-state index in [0.29, 0.717) is 11.3 Å². The molecule has 2 aromatic carbocycles. The Morgan fingerprint density at radius 1 is 1.00 bits per heavy atom. The van der Waals surface area contributed by atoms with Crippen LogP contribution in [0.3, 0.4) is 0 Å². The Labute approximate surface area is 163 Å². The lowest BCUT2D eigenvalue weighted by atomic mass is 10.1. The Balaban J connectivity index is 1.72.